The number of hydrogen-bond acceptors (Lipinski definition) is 5. The molecule has 1 amide bonds. The lowest BCUT2D eigenvalue weighted by atomic mass is 10.2. The summed E-state index contributed by atoms with van der Waals surface area (Å²) >= 11 is 0. The van der Waals surface area contributed by atoms with Gasteiger partial charge in [0.25, 0.3) is 5.91 Å². The maximum atomic E-state index is 12.0. The van der Waals surface area contributed by atoms with E-state index in [1.54, 1.807) is 31.3 Å². The molecule has 102 valence electrons. The highest BCUT2D eigenvalue weighted by molar-refractivity contribution is 6.04. The fourth-order valence-corrected chi connectivity index (χ4v) is 1.54. The SMILES string of the molecule is Cc1ncccc1NC(=O)c1ccc(C(N)=NO)cn1. The van der Waals surface area contributed by atoms with Crippen LogP contribution in [0.25, 0.3) is 0 Å². The van der Waals surface area contributed by atoms with E-state index in [1.807, 2.05) is 0 Å². The van der Waals surface area contributed by atoms with Crippen molar-refractivity contribution in [1.29, 1.82) is 0 Å². The van der Waals surface area contributed by atoms with E-state index in [0.717, 1.165) is 0 Å². The van der Waals surface area contributed by atoms with Gasteiger partial charge in [0.05, 0.1) is 11.4 Å². The van der Waals surface area contributed by atoms with Gasteiger partial charge in [0.1, 0.15) is 5.69 Å². The Hall–Kier alpha value is -2.96. The highest BCUT2D eigenvalue weighted by atomic mass is 16.4. The molecule has 2 aromatic heterocycles. The van der Waals surface area contributed by atoms with Crippen LogP contribution < -0.4 is 11.1 Å². The van der Waals surface area contributed by atoms with E-state index in [1.165, 1.54) is 12.3 Å². The Balaban J connectivity index is 2.16. The molecular weight excluding hydrogens is 258 g/mol. The summed E-state index contributed by atoms with van der Waals surface area (Å²) in [6.07, 6.45) is 3.01. The molecule has 0 unspecified atom stereocenters. The van der Waals surface area contributed by atoms with Crippen molar-refractivity contribution in [3.8, 4) is 0 Å². The first-order chi connectivity index (χ1) is 9.61. The van der Waals surface area contributed by atoms with Gasteiger partial charge < -0.3 is 16.3 Å². The molecule has 4 N–H and O–H groups in total. The van der Waals surface area contributed by atoms with Gasteiger partial charge >= 0.3 is 0 Å². The smallest absolute Gasteiger partial charge is 0.274 e. The summed E-state index contributed by atoms with van der Waals surface area (Å²) < 4.78 is 0. The second-order valence-corrected chi connectivity index (χ2v) is 4.01. The summed E-state index contributed by atoms with van der Waals surface area (Å²) in [6, 6.07) is 6.53. The summed E-state index contributed by atoms with van der Waals surface area (Å²) in [7, 11) is 0. The molecule has 0 saturated carbocycles. The monoisotopic (exact) mass is 271 g/mol. The van der Waals surface area contributed by atoms with Crippen molar-refractivity contribution in [2.24, 2.45) is 10.9 Å². The molecule has 7 heteroatoms. The molecule has 0 aromatic carbocycles. The predicted octanol–water partition coefficient (Wildman–Crippen LogP) is 1.13. The van der Waals surface area contributed by atoms with E-state index in [2.05, 4.69) is 20.4 Å². The van der Waals surface area contributed by atoms with Crippen molar-refractivity contribution in [2.75, 3.05) is 5.32 Å². The number of aryl methyl sites for hydroxylation is 1. The molecule has 0 aliphatic carbocycles. The molecule has 7 nitrogen and oxygen atoms in total. The van der Waals surface area contributed by atoms with Crippen LogP contribution in [-0.2, 0) is 0 Å². The quantitative estimate of drug-likeness (QED) is 0.335. The summed E-state index contributed by atoms with van der Waals surface area (Å²) in [5, 5.41) is 14.1. The average molecular weight is 271 g/mol. The van der Waals surface area contributed by atoms with E-state index < -0.39 is 0 Å². The van der Waals surface area contributed by atoms with Gasteiger partial charge in [-0.15, -0.1) is 0 Å². The minimum Gasteiger partial charge on any atom is -0.409 e. The van der Waals surface area contributed by atoms with Crippen molar-refractivity contribution in [3.63, 3.8) is 0 Å². The molecule has 0 fully saturated rings. The normalized spacial score (nSPS) is 11.2. The number of nitrogens with one attached hydrogen (secondary N) is 1. The standard InChI is InChI=1S/C13H13N5O2/c1-8-10(3-2-6-15-8)17-13(19)11-5-4-9(7-16-11)12(14)18-20/h2-7,20H,1H3,(H2,14,18)(H,17,19). The molecule has 0 bridgehead atoms. The van der Waals surface area contributed by atoms with Gasteiger partial charge in [-0.25, -0.2) is 0 Å². The van der Waals surface area contributed by atoms with E-state index in [0.29, 0.717) is 16.9 Å². The Morgan fingerprint density at radius 2 is 2.15 bits per heavy atom. The number of oxime groups is 1. The number of rotatable bonds is 3. The Labute approximate surface area is 115 Å². The fraction of sp³-hybridized carbons (Fsp3) is 0.0769. The van der Waals surface area contributed by atoms with Gasteiger partial charge in [0, 0.05) is 18.0 Å². The Kier molecular flexibility index (Phi) is 3.90. The highest BCUT2D eigenvalue weighted by Gasteiger charge is 2.10. The molecule has 0 saturated heterocycles. The number of hydrogen-bond donors (Lipinski definition) is 3. The number of carbonyl (C=O) groups excluding carboxylic acids is 1. The lowest BCUT2D eigenvalue weighted by molar-refractivity contribution is 0.102. The maximum absolute atomic E-state index is 12.0. The lowest BCUT2D eigenvalue weighted by Gasteiger charge is -2.07. The van der Waals surface area contributed by atoms with Crippen LogP contribution in [0.2, 0.25) is 0 Å². The van der Waals surface area contributed by atoms with Gasteiger partial charge in [-0.3, -0.25) is 14.8 Å². The highest BCUT2D eigenvalue weighted by Crippen LogP contribution is 2.11. The summed E-state index contributed by atoms with van der Waals surface area (Å²) in [5.74, 6) is -0.417. The van der Waals surface area contributed by atoms with Crippen molar-refractivity contribution in [1.82, 2.24) is 9.97 Å². The third-order valence-electron chi connectivity index (χ3n) is 2.65. The van der Waals surface area contributed by atoms with Crippen LogP contribution >= 0.6 is 0 Å². The Morgan fingerprint density at radius 3 is 2.75 bits per heavy atom. The predicted molar refractivity (Wildman–Crippen MR) is 73.7 cm³/mol. The van der Waals surface area contributed by atoms with E-state index in [4.69, 9.17) is 10.9 Å². The number of carbonyl (C=O) groups is 1. The average Bonchev–Trinajstić information content (AvgIpc) is 2.49. The first-order valence-corrected chi connectivity index (χ1v) is 5.78. The summed E-state index contributed by atoms with van der Waals surface area (Å²) in [5.41, 5.74) is 7.41. The lowest BCUT2D eigenvalue weighted by Crippen LogP contribution is -2.17. The third kappa shape index (κ3) is 2.89. The Morgan fingerprint density at radius 1 is 1.35 bits per heavy atom. The zero-order valence-corrected chi connectivity index (χ0v) is 10.7. The van der Waals surface area contributed by atoms with Crippen LogP contribution in [0, 0.1) is 6.92 Å². The maximum Gasteiger partial charge on any atom is 0.274 e. The second-order valence-electron chi connectivity index (χ2n) is 4.01. The number of anilines is 1. The van der Waals surface area contributed by atoms with Crippen LogP contribution in [0.1, 0.15) is 21.7 Å². The number of pyridine rings is 2. The van der Waals surface area contributed by atoms with Crippen LogP contribution in [0.15, 0.2) is 41.8 Å². The van der Waals surface area contributed by atoms with E-state index in [9.17, 15) is 4.79 Å². The molecule has 0 aliphatic heterocycles. The van der Waals surface area contributed by atoms with Gasteiger partial charge in [-0.1, -0.05) is 5.16 Å². The Bertz CT molecular complexity index is 652. The fourth-order valence-electron chi connectivity index (χ4n) is 1.54. The summed E-state index contributed by atoms with van der Waals surface area (Å²) in [6.45, 7) is 1.80. The topological polar surface area (TPSA) is 113 Å². The zero-order valence-electron chi connectivity index (χ0n) is 10.7. The van der Waals surface area contributed by atoms with Crippen molar-refractivity contribution in [3.05, 3.63) is 53.6 Å². The van der Waals surface area contributed by atoms with Crippen LogP contribution in [0.3, 0.4) is 0 Å². The second kappa shape index (κ2) is 5.79. The number of nitrogens with two attached hydrogens (primary N) is 1. The molecule has 2 rings (SSSR count). The van der Waals surface area contributed by atoms with Crippen LogP contribution in [0.5, 0.6) is 0 Å². The zero-order chi connectivity index (χ0) is 14.5. The van der Waals surface area contributed by atoms with E-state index in [-0.39, 0.29) is 17.4 Å². The molecule has 0 radical (unpaired) electrons. The van der Waals surface area contributed by atoms with Gasteiger partial charge in [0.2, 0.25) is 0 Å². The molecule has 2 heterocycles. The number of amidine groups is 1. The van der Waals surface area contributed by atoms with Crippen molar-refractivity contribution < 1.29 is 10.0 Å². The first-order valence-electron chi connectivity index (χ1n) is 5.78. The molecule has 20 heavy (non-hydrogen) atoms. The molecule has 0 atom stereocenters. The number of aromatic nitrogens is 2. The van der Waals surface area contributed by atoms with Gasteiger partial charge in [-0.05, 0) is 31.2 Å². The van der Waals surface area contributed by atoms with Crippen LogP contribution in [-0.4, -0.2) is 26.9 Å². The largest absolute Gasteiger partial charge is 0.409 e. The third-order valence-corrected chi connectivity index (χ3v) is 2.65. The van der Waals surface area contributed by atoms with E-state index >= 15 is 0 Å². The first kappa shape index (κ1) is 13.5. The molecule has 0 aliphatic rings. The van der Waals surface area contributed by atoms with Gasteiger partial charge in [-0.2, -0.15) is 0 Å². The van der Waals surface area contributed by atoms with Crippen molar-refractivity contribution in [2.45, 2.75) is 6.92 Å². The molecular formula is C13H13N5O2. The van der Waals surface area contributed by atoms with Crippen molar-refractivity contribution >= 4 is 17.4 Å². The number of amides is 1. The van der Waals surface area contributed by atoms with Gasteiger partial charge in [0.15, 0.2) is 5.84 Å². The molecule has 0 spiro atoms. The molecule has 2 aromatic rings. The summed E-state index contributed by atoms with van der Waals surface area (Å²) in [4.78, 5) is 20.1. The minimum atomic E-state index is -0.354. The minimum absolute atomic E-state index is 0.0624. The number of nitrogens with zero attached hydrogens (tertiary/aromatic N) is 3. The van der Waals surface area contributed by atoms with Crippen LogP contribution in [0.4, 0.5) is 5.69 Å².